The van der Waals surface area contributed by atoms with Crippen molar-refractivity contribution >= 4 is 57.8 Å². The molecule has 1 aliphatic heterocycles. The van der Waals surface area contributed by atoms with Crippen molar-refractivity contribution in [3.05, 3.63) is 81.1 Å². The largest absolute Gasteiger partial charge is 0.457 e. The van der Waals surface area contributed by atoms with E-state index in [1.54, 1.807) is 48.5 Å². The molecule has 1 saturated heterocycles. The predicted molar refractivity (Wildman–Crippen MR) is 111 cm³/mol. The molecule has 0 aliphatic carbocycles. The van der Waals surface area contributed by atoms with Crippen LogP contribution in [0.5, 0.6) is 0 Å². The average Bonchev–Trinajstić information content (AvgIpc) is 3.27. The number of carbonyl (C=O) groups excluding carboxylic acids is 1. The zero-order valence-corrected chi connectivity index (χ0v) is 16.4. The van der Waals surface area contributed by atoms with E-state index in [1.807, 2.05) is 0 Å². The number of hydrogen-bond acceptors (Lipinski definition) is 4. The van der Waals surface area contributed by atoms with E-state index >= 15 is 0 Å². The molecule has 28 heavy (non-hydrogen) atoms. The first-order valence-electron chi connectivity index (χ1n) is 8.09. The third kappa shape index (κ3) is 3.99. The lowest BCUT2D eigenvalue weighted by atomic mass is 10.2. The minimum atomic E-state index is -0.459. The standard InChI is InChI=1S/C20H11Cl2FN2O2S/c21-13-7-5-11(9-14(13)22)17-8-6-12(27-17)10-18-19(26)25-20(28-18)24-16-4-2-1-3-15(16)23/h1-10H,(H,24,25,26). The van der Waals surface area contributed by atoms with E-state index < -0.39 is 5.82 Å². The number of thioether (sulfide) groups is 1. The van der Waals surface area contributed by atoms with E-state index in [0.29, 0.717) is 31.6 Å². The summed E-state index contributed by atoms with van der Waals surface area (Å²) in [5.41, 5.74) is 0.927. The Morgan fingerprint density at radius 3 is 2.68 bits per heavy atom. The smallest absolute Gasteiger partial charge is 0.264 e. The zero-order chi connectivity index (χ0) is 19.7. The normalized spacial score (nSPS) is 16.8. The number of amides is 1. The van der Waals surface area contributed by atoms with Gasteiger partial charge in [0, 0.05) is 11.6 Å². The molecule has 140 valence electrons. The third-order valence-electron chi connectivity index (χ3n) is 3.83. The Balaban J connectivity index is 1.56. The monoisotopic (exact) mass is 432 g/mol. The molecular weight excluding hydrogens is 422 g/mol. The molecule has 1 aliphatic rings. The molecule has 1 aromatic heterocycles. The highest BCUT2D eigenvalue weighted by Gasteiger charge is 2.24. The van der Waals surface area contributed by atoms with Crippen LogP contribution in [0.1, 0.15) is 5.76 Å². The lowest BCUT2D eigenvalue weighted by Crippen LogP contribution is -2.19. The van der Waals surface area contributed by atoms with Gasteiger partial charge >= 0.3 is 0 Å². The van der Waals surface area contributed by atoms with Crippen molar-refractivity contribution in [2.75, 3.05) is 0 Å². The molecule has 0 saturated carbocycles. The second-order valence-electron chi connectivity index (χ2n) is 5.76. The van der Waals surface area contributed by atoms with Crippen LogP contribution in [0.4, 0.5) is 10.1 Å². The molecule has 2 heterocycles. The number of amidine groups is 1. The fourth-order valence-electron chi connectivity index (χ4n) is 2.50. The van der Waals surface area contributed by atoms with Crippen molar-refractivity contribution in [1.82, 2.24) is 5.32 Å². The van der Waals surface area contributed by atoms with Crippen LogP contribution in [-0.4, -0.2) is 11.1 Å². The minimum absolute atomic E-state index is 0.159. The lowest BCUT2D eigenvalue weighted by molar-refractivity contribution is -0.115. The Hall–Kier alpha value is -2.54. The molecule has 1 amide bonds. The van der Waals surface area contributed by atoms with Gasteiger partial charge in [-0.3, -0.25) is 4.79 Å². The summed E-state index contributed by atoms with van der Waals surface area (Å²) in [6.45, 7) is 0. The summed E-state index contributed by atoms with van der Waals surface area (Å²) >= 11 is 13.1. The highest BCUT2D eigenvalue weighted by atomic mass is 35.5. The topological polar surface area (TPSA) is 54.6 Å². The second-order valence-corrected chi connectivity index (χ2v) is 7.61. The van der Waals surface area contributed by atoms with E-state index in [-0.39, 0.29) is 11.6 Å². The summed E-state index contributed by atoms with van der Waals surface area (Å²) in [5, 5.41) is 3.81. The minimum Gasteiger partial charge on any atom is -0.457 e. The number of halogens is 3. The molecule has 1 fully saturated rings. The van der Waals surface area contributed by atoms with Crippen molar-refractivity contribution < 1.29 is 13.6 Å². The third-order valence-corrected chi connectivity index (χ3v) is 5.48. The Bertz CT molecular complexity index is 1140. The van der Waals surface area contributed by atoms with Gasteiger partial charge in [-0.15, -0.1) is 0 Å². The van der Waals surface area contributed by atoms with Gasteiger partial charge in [-0.2, -0.15) is 0 Å². The molecular formula is C20H11Cl2FN2O2S. The van der Waals surface area contributed by atoms with Crippen molar-refractivity contribution in [1.29, 1.82) is 0 Å². The highest BCUT2D eigenvalue weighted by Crippen LogP contribution is 2.32. The van der Waals surface area contributed by atoms with E-state index in [1.165, 1.54) is 12.1 Å². The summed E-state index contributed by atoms with van der Waals surface area (Å²) in [6, 6.07) is 14.8. The van der Waals surface area contributed by atoms with Gasteiger partial charge in [0.05, 0.1) is 15.0 Å². The number of benzene rings is 2. The zero-order valence-electron chi connectivity index (χ0n) is 14.1. The number of para-hydroxylation sites is 1. The molecule has 2 aromatic carbocycles. The first-order valence-corrected chi connectivity index (χ1v) is 9.66. The van der Waals surface area contributed by atoms with Gasteiger partial charge < -0.3 is 9.73 Å². The van der Waals surface area contributed by atoms with Crippen molar-refractivity contribution in [3.63, 3.8) is 0 Å². The van der Waals surface area contributed by atoms with Crippen molar-refractivity contribution in [2.45, 2.75) is 0 Å². The van der Waals surface area contributed by atoms with Gasteiger partial charge in [-0.25, -0.2) is 9.38 Å². The van der Waals surface area contributed by atoms with Crippen molar-refractivity contribution in [2.24, 2.45) is 4.99 Å². The molecule has 4 nitrogen and oxygen atoms in total. The first-order chi connectivity index (χ1) is 13.5. The van der Waals surface area contributed by atoms with E-state index in [9.17, 15) is 9.18 Å². The van der Waals surface area contributed by atoms with Gasteiger partial charge in [0.15, 0.2) is 5.17 Å². The summed E-state index contributed by atoms with van der Waals surface area (Å²) in [5.74, 6) is 0.298. The Morgan fingerprint density at radius 2 is 1.89 bits per heavy atom. The number of nitrogens with one attached hydrogen (secondary N) is 1. The number of furan rings is 1. The van der Waals surface area contributed by atoms with Crippen LogP contribution in [0, 0.1) is 5.82 Å². The van der Waals surface area contributed by atoms with Crippen molar-refractivity contribution in [3.8, 4) is 11.3 Å². The number of aliphatic imine (C=N–C) groups is 1. The molecule has 0 atom stereocenters. The predicted octanol–water partition coefficient (Wildman–Crippen LogP) is 6.28. The maximum absolute atomic E-state index is 13.7. The summed E-state index contributed by atoms with van der Waals surface area (Å²) < 4.78 is 19.5. The van der Waals surface area contributed by atoms with E-state index in [4.69, 9.17) is 27.6 Å². The number of nitrogens with zero attached hydrogens (tertiary/aromatic N) is 1. The van der Waals surface area contributed by atoms with Gasteiger partial charge in [0.2, 0.25) is 0 Å². The van der Waals surface area contributed by atoms with Gasteiger partial charge in [0.25, 0.3) is 5.91 Å². The Morgan fingerprint density at radius 1 is 1.07 bits per heavy atom. The first kappa shape index (κ1) is 18.8. The highest BCUT2D eigenvalue weighted by molar-refractivity contribution is 8.18. The van der Waals surface area contributed by atoms with Crippen LogP contribution in [0.2, 0.25) is 10.0 Å². The molecule has 0 unspecified atom stereocenters. The Kier molecular flexibility index (Phi) is 5.26. The molecule has 0 bridgehead atoms. The summed E-state index contributed by atoms with van der Waals surface area (Å²) in [6.07, 6.45) is 1.60. The maximum Gasteiger partial charge on any atom is 0.264 e. The maximum atomic E-state index is 13.7. The second kappa shape index (κ2) is 7.83. The van der Waals surface area contributed by atoms with Crippen LogP contribution >= 0.6 is 35.0 Å². The quantitative estimate of drug-likeness (QED) is 0.495. The number of rotatable bonds is 3. The SMILES string of the molecule is O=C1NC(=Nc2ccccc2F)SC1=Cc1ccc(-c2ccc(Cl)c(Cl)c2)o1. The molecule has 8 heteroatoms. The van der Waals surface area contributed by atoms with Gasteiger partial charge in [-0.1, -0.05) is 35.3 Å². The summed E-state index contributed by atoms with van der Waals surface area (Å²) in [7, 11) is 0. The fourth-order valence-corrected chi connectivity index (χ4v) is 3.61. The molecule has 0 spiro atoms. The Labute approximate surface area is 174 Å². The van der Waals surface area contributed by atoms with Gasteiger partial charge in [-0.05, 0) is 54.2 Å². The van der Waals surface area contributed by atoms with Gasteiger partial charge in [0.1, 0.15) is 23.0 Å². The van der Waals surface area contributed by atoms with Crippen LogP contribution in [0.25, 0.3) is 17.4 Å². The van der Waals surface area contributed by atoms with Crippen LogP contribution in [0.15, 0.2) is 68.9 Å². The van der Waals surface area contributed by atoms with E-state index in [0.717, 1.165) is 17.3 Å². The van der Waals surface area contributed by atoms with E-state index in [2.05, 4.69) is 10.3 Å². The number of carbonyl (C=O) groups is 1. The molecule has 4 rings (SSSR count). The average molecular weight is 433 g/mol. The van der Waals surface area contributed by atoms with Crippen LogP contribution in [-0.2, 0) is 4.79 Å². The fraction of sp³-hybridized carbons (Fsp3) is 0. The lowest BCUT2D eigenvalue weighted by Gasteiger charge is -1.99. The van der Waals surface area contributed by atoms with Crippen LogP contribution in [0.3, 0.4) is 0 Å². The molecule has 3 aromatic rings. The molecule has 0 radical (unpaired) electrons. The number of hydrogen-bond donors (Lipinski definition) is 1. The summed E-state index contributed by atoms with van der Waals surface area (Å²) in [4.78, 5) is 16.7. The molecule has 1 N–H and O–H groups in total. The van der Waals surface area contributed by atoms with Crippen LogP contribution < -0.4 is 5.32 Å².